The van der Waals surface area contributed by atoms with E-state index in [4.69, 9.17) is 5.11 Å². The molecule has 0 spiro atoms. The summed E-state index contributed by atoms with van der Waals surface area (Å²) in [5.74, 6) is -1.68. The van der Waals surface area contributed by atoms with Gasteiger partial charge in [0.05, 0.1) is 12.5 Å². The maximum Gasteiger partial charge on any atom is 0.323 e. The Morgan fingerprint density at radius 2 is 1.86 bits per heavy atom. The lowest BCUT2D eigenvalue weighted by molar-refractivity contribution is -0.143. The van der Waals surface area contributed by atoms with Gasteiger partial charge >= 0.3 is 5.97 Å². The Morgan fingerprint density at radius 1 is 1.29 bits per heavy atom. The van der Waals surface area contributed by atoms with Crippen LogP contribution in [0.4, 0.5) is 0 Å². The van der Waals surface area contributed by atoms with Gasteiger partial charge < -0.3 is 15.3 Å². The number of amides is 2. The van der Waals surface area contributed by atoms with E-state index in [1.165, 1.54) is 14.0 Å². The molecule has 114 valence electrons. The van der Waals surface area contributed by atoms with Crippen molar-refractivity contribution in [3.63, 3.8) is 0 Å². The molecule has 0 aliphatic carbocycles. The third kappa shape index (κ3) is 5.95. The first kappa shape index (κ1) is 17.2. The second-order valence-electron chi connectivity index (χ2n) is 4.65. The lowest BCUT2D eigenvalue weighted by Crippen LogP contribution is -2.36. The van der Waals surface area contributed by atoms with Crippen molar-refractivity contribution in [2.45, 2.75) is 19.4 Å². The van der Waals surface area contributed by atoms with Gasteiger partial charge in [0.2, 0.25) is 11.8 Å². The largest absolute Gasteiger partial charge is 0.480 e. The Labute approximate surface area is 131 Å². The molecule has 6 nitrogen and oxygen atoms in total. The number of aliphatic carboxylic acids is 1. The molecular formula is C14H17BrN2O4. The summed E-state index contributed by atoms with van der Waals surface area (Å²) >= 11 is 3.32. The third-order valence-corrected chi connectivity index (χ3v) is 3.36. The van der Waals surface area contributed by atoms with Gasteiger partial charge in [-0.15, -0.1) is 0 Å². The molecule has 0 saturated heterocycles. The molecule has 1 atom stereocenters. The van der Waals surface area contributed by atoms with Gasteiger partial charge in [0.1, 0.15) is 6.54 Å². The number of carboxylic acid groups (broad SMARTS) is 1. The van der Waals surface area contributed by atoms with Crippen molar-refractivity contribution >= 4 is 33.7 Å². The molecule has 1 aromatic rings. The molecule has 2 N–H and O–H groups in total. The molecule has 0 saturated carbocycles. The zero-order valence-corrected chi connectivity index (χ0v) is 13.4. The van der Waals surface area contributed by atoms with Gasteiger partial charge in [0.15, 0.2) is 0 Å². The Balaban J connectivity index is 2.83. The summed E-state index contributed by atoms with van der Waals surface area (Å²) in [5.41, 5.74) is 0.783. The van der Waals surface area contributed by atoms with Gasteiger partial charge in [-0.3, -0.25) is 14.4 Å². The van der Waals surface area contributed by atoms with Gasteiger partial charge in [0.25, 0.3) is 0 Å². The summed E-state index contributed by atoms with van der Waals surface area (Å²) in [6.07, 6.45) is 0.00495. The molecule has 0 fully saturated rings. The minimum Gasteiger partial charge on any atom is -0.480 e. The van der Waals surface area contributed by atoms with Crippen molar-refractivity contribution in [2.75, 3.05) is 13.6 Å². The molecule has 1 aromatic carbocycles. The summed E-state index contributed by atoms with van der Waals surface area (Å²) < 4.78 is 0.891. The minimum atomic E-state index is -1.08. The highest BCUT2D eigenvalue weighted by Crippen LogP contribution is 2.20. The van der Waals surface area contributed by atoms with Crippen LogP contribution in [-0.4, -0.2) is 41.4 Å². The molecule has 0 aliphatic rings. The molecule has 2 amide bonds. The third-order valence-electron chi connectivity index (χ3n) is 2.83. The van der Waals surface area contributed by atoms with Crippen molar-refractivity contribution in [2.24, 2.45) is 0 Å². The van der Waals surface area contributed by atoms with Crippen LogP contribution < -0.4 is 5.32 Å². The molecule has 21 heavy (non-hydrogen) atoms. The molecule has 7 heteroatoms. The van der Waals surface area contributed by atoms with Gasteiger partial charge in [-0.05, 0) is 17.7 Å². The fraction of sp³-hybridized carbons (Fsp3) is 0.357. The lowest BCUT2D eigenvalue weighted by Gasteiger charge is -2.21. The van der Waals surface area contributed by atoms with E-state index in [9.17, 15) is 14.4 Å². The first-order valence-corrected chi connectivity index (χ1v) is 7.07. The van der Waals surface area contributed by atoms with Crippen molar-refractivity contribution in [3.8, 4) is 0 Å². The highest BCUT2D eigenvalue weighted by molar-refractivity contribution is 9.10. The Morgan fingerprint density at radius 3 is 2.33 bits per heavy atom. The molecule has 0 heterocycles. The number of likely N-dealkylation sites (N-methyl/N-ethyl adjacent to an activating group) is 1. The molecule has 0 aliphatic heterocycles. The number of hydrogen-bond donors (Lipinski definition) is 2. The molecular weight excluding hydrogens is 340 g/mol. The fourth-order valence-electron chi connectivity index (χ4n) is 1.81. The number of carbonyl (C=O) groups excluding carboxylic acids is 2. The number of hydrogen-bond acceptors (Lipinski definition) is 3. The summed E-state index contributed by atoms with van der Waals surface area (Å²) in [6.45, 7) is 1.00. The average Bonchev–Trinajstić information content (AvgIpc) is 2.37. The van der Waals surface area contributed by atoms with Crippen molar-refractivity contribution in [1.82, 2.24) is 10.2 Å². The van der Waals surface area contributed by atoms with Crippen LogP contribution in [0.15, 0.2) is 28.7 Å². The molecule has 1 unspecified atom stereocenters. The van der Waals surface area contributed by atoms with Gasteiger partial charge in [-0.25, -0.2) is 0 Å². The van der Waals surface area contributed by atoms with Gasteiger partial charge in [0, 0.05) is 18.4 Å². The van der Waals surface area contributed by atoms with Crippen LogP contribution in [-0.2, 0) is 14.4 Å². The molecule has 0 bridgehead atoms. The predicted octanol–water partition coefficient (Wildman–Crippen LogP) is 1.56. The highest BCUT2D eigenvalue weighted by Gasteiger charge is 2.20. The van der Waals surface area contributed by atoms with Gasteiger partial charge in [-0.2, -0.15) is 0 Å². The first-order chi connectivity index (χ1) is 9.79. The standard InChI is InChI=1S/C14H17BrN2O4/c1-9(18)16-12(10-3-5-11(15)6-4-10)7-13(19)17(2)8-14(20)21/h3-6,12H,7-8H2,1-2H3,(H,16,18)(H,20,21). The summed E-state index contributed by atoms with van der Waals surface area (Å²) in [7, 11) is 1.42. The van der Waals surface area contributed by atoms with E-state index in [0.717, 1.165) is 14.9 Å². The van der Waals surface area contributed by atoms with Crippen LogP contribution in [0.25, 0.3) is 0 Å². The summed E-state index contributed by atoms with van der Waals surface area (Å²) in [5, 5.41) is 11.4. The SMILES string of the molecule is CC(=O)NC(CC(=O)N(C)CC(=O)O)c1ccc(Br)cc1. The molecule has 0 radical (unpaired) electrons. The number of carboxylic acids is 1. The number of halogens is 1. The number of benzene rings is 1. The topological polar surface area (TPSA) is 86.7 Å². The van der Waals surface area contributed by atoms with Crippen molar-refractivity contribution in [3.05, 3.63) is 34.3 Å². The number of rotatable bonds is 6. The van der Waals surface area contributed by atoms with Crippen LogP contribution in [0.3, 0.4) is 0 Å². The van der Waals surface area contributed by atoms with Crippen molar-refractivity contribution < 1.29 is 19.5 Å². The van der Waals surface area contributed by atoms with Crippen molar-refractivity contribution in [1.29, 1.82) is 0 Å². The fourth-order valence-corrected chi connectivity index (χ4v) is 2.08. The second-order valence-corrected chi connectivity index (χ2v) is 5.57. The van der Waals surface area contributed by atoms with E-state index < -0.39 is 12.0 Å². The Kier molecular flexibility index (Phi) is 6.36. The predicted molar refractivity (Wildman–Crippen MR) is 80.6 cm³/mol. The van der Waals surface area contributed by atoms with E-state index in [1.807, 2.05) is 12.1 Å². The van der Waals surface area contributed by atoms with E-state index in [0.29, 0.717) is 0 Å². The zero-order valence-electron chi connectivity index (χ0n) is 11.8. The maximum atomic E-state index is 12.0. The van der Waals surface area contributed by atoms with Gasteiger partial charge in [-0.1, -0.05) is 28.1 Å². The molecule has 0 aromatic heterocycles. The number of carbonyl (C=O) groups is 3. The first-order valence-electron chi connectivity index (χ1n) is 6.28. The van der Waals surface area contributed by atoms with E-state index in [1.54, 1.807) is 12.1 Å². The highest BCUT2D eigenvalue weighted by atomic mass is 79.9. The van der Waals surface area contributed by atoms with Crippen LogP contribution in [0, 0.1) is 0 Å². The summed E-state index contributed by atoms with van der Waals surface area (Å²) in [4.78, 5) is 35.0. The van der Waals surface area contributed by atoms with E-state index in [2.05, 4.69) is 21.2 Å². The monoisotopic (exact) mass is 356 g/mol. The normalized spacial score (nSPS) is 11.6. The maximum absolute atomic E-state index is 12.0. The number of nitrogens with one attached hydrogen (secondary N) is 1. The van der Waals surface area contributed by atoms with E-state index in [-0.39, 0.29) is 24.8 Å². The summed E-state index contributed by atoms with van der Waals surface area (Å²) in [6, 6.07) is 6.74. The van der Waals surface area contributed by atoms with Crippen LogP contribution in [0.2, 0.25) is 0 Å². The molecule has 1 rings (SSSR count). The van der Waals surface area contributed by atoms with Crippen LogP contribution >= 0.6 is 15.9 Å². The Bertz CT molecular complexity index is 530. The van der Waals surface area contributed by atoms with E-state index >= 15 is 0 Å². The smallest absolute Gasteiger partial charge is 0.323 e. The van der Waals surface area contributed by atoms with Crippen LogP contribution in [0.5, 0.6) is 0 Å². The quantitative estimate of drug-likeness (QED) is 0.809. The lowest BCUT2D eigenvalue weighted by atomic mass is 10.0. The average molecular weight is 357 g/mol. The Hall–Kier alpha value is -1.89. The van der Waals surface area contributed by atoms with Crippen LogP contribution in [0.1, 0.15) is 24.9 Å². The second kappa shape index (κ2) is 7.78. The number of nitrogens with zero attached hydrogens (tertiary/aromatic N) is 1. The zero-order chi connectivity index (χ0) is 16.0. The minimum absolute atomic E-state index is 0.00495.